The van der Waals surface area contributed by atoms with Crippen LogP contribution in [0.15, 0.2) is 12.1 Å². The van der Waals surface area contributed by atoms with Crippen molar-refractivity contribution < 1.29 is 19.0 Å². The minimum Gasteiger partial charge on any atom is -0.493 e. The second kappa shape index (κ2) is 9.27. The monoisotopic (exact) mass is 425 g/mol. The van der Waals surface area contributed by atoms with Crippen molar-refractivity contribution in [1.82, 2.24) is 14.9 Å². The lowest BCUT2D eigenvalue weighted by Crippen LogP contribution is -2.51. The molecule has 164 valence electrons. The Morgan fingerprint density at radius 2 is 1.97 bits per heavy atom. The molecule has 31 heavy (non-hydrogen) atoms. The molecule has 0 saturated carbocycles. The molecule has 1 atom stereocenters. The number of aromatic nitrogens is 2. The van der Waals surface area contributed by atoms with Crippen molar-refractivity contribution in [2.75, 3.05) is 63.8 Å². The molecule has 0 spiro atoms. The van der Waals surface area contributed by atoms with E-state index in [1.54, 1.807) is 14.2 Å². The Bertz CT molecular complexity index is 992. The molecule has 9 nitrogen and oxygen atoms in total. The number of carbonyl (C=O) groups excluding carboxylic acids is 1. The third kappa shape index (κ3) is 4.30. The first-order valence-corrected chi connectivity index (χ1v) is 10.4. The highest BCUT2D eigenvalue weighted by molar-refractivity contribution is 5.93. The van der Waals surface area contributed by atoms with Gasteiger partial charge in [0, 0.05) is 44.2 Å². The third-order valence-corrected chi connectivity index (χ3v) is 5.63. The Hall–Kier alpha value is -3.25. The third-order valence-electron chi connectivity index (χ3n) is 5.63. The SMILES string of the molecule is C#CCNc1nc(N2CCN(C(=O)C3CCCO3)CC2)nc2cc(OC)c(OC)cc12. The Morgan fingerprint density at radius 3 is 2.61 bits per heavy atom. The predicted molar refractivity (Wildman–Crippen MR) is 118 cm³/mol. The molecule has 0 radical (unpaired) electrons. The molecule has 2 aliphatic rings. The zero-order valence-electron chi connectivity index (χ0n) is 17.9. The van der Waals surface area contributed by atoms with Gasteiger partial charge in [-0.05, 0) is 18.9 Å². The van der Waals surface area contributed by atoms with E-state index < -0.39 is 0 Å². The van der Waals surface area contributed by atoms with Crippen molar-refractivity contribution in [2.24, 2.45) is 0 Å². The summed E-state index contributed by atoms with van der Waals surface area (Å²) in [4.78, 5) is 26.1. The highest BCUT2D eigenvalue weighted by atomic mass is 16.5. The van der Waals surface area contributed by atoms with Crippen LogP contribution >= 0.6 is 0 Å². The molecular formula is C22H27N5O4. The maximum atomic E-state index is 12.6. The number of amides is 1. The number of rotatable bonds is 6. The quantitative estimate of drug-likeness (QED) is 0.697. The summed E-state index contributed by atoms with van der Waals surface area (Å²) in [6.45, 7) is 3.52. The summed E-state index contributed by atoms with van der Waals surface area (Å²) in [5.41, 5.74) is 0.722. The molecule has 2 aliphatic heterocycles. The first-order valence-electron chi connectivity index (χ1n) is 10.4. The number of piperazine rings is 1. The summed E-state index contributed by atoms with van der Waals surface area (Å²) in [6, 6.07) is 3.67. The van der Waals surface area contributed by atoms with E-state index in [0.717, 1.165) is 23.7 Å². The number of carbonyl (C=O) groups is 1. The van der Waals surface area contributed by atoms with Crippen LogP contribution in [0.4, 0.5) is 11.8 Å². The van der Waals surface area contributed by atoms with Crippen LogP contribution in [0.3, 0.4) is 0 Å². The average molecular weight is 425 g/mol. The standard InChI is InChI=1S/C22H27N5O4/c1-4-7-23-20-15-13-18(29-2)19(30-3)14-16(15)24-22(25-20)27-10-8-26(9-11-27)21(28)17-6-5-12-31-17/h1,13-14,17H,5-12H2,2-3H3,(H,23,24,25). The molecule has 2 aromatic rings. The van der Waals surface area contributed by atoms with E-state index in [9.17, 15) is 4.79 Å². The van der Waals surface area contributed by atoms with Crippen molar-refractivity contribution in [2.45, 2.75) is 18.9 Å². The first kappa shape index (κ1) is 21.0. The van der Waals surface area contributed by atoms with E-state index in [1.165, 1.54) is 0 Å². The van der Waals surface area contributed by atoms with E-state index in [1.807, 2.05) is 17.0 Å². The molecule has 2 fully saturated rings. The van der Waals surface area contributed by atoms with Crippen LogP contribution < -0.4 is 19.7 Å². The predicted octanol–water partition coefficient (Wildman–Crippen LogP) is 1.52. The molecule has 4 rings (SSSR count). The normalized spacial score (nSPS) is 18.7. The number of hydrogen-bond acceptors (Lipinski definition) is 8. The fourth-order valence-corrected chi connectivity index (χ4v) is 3.96. The number of fused-ring (bicyclic) bond motifs is 1. The number of benzene rings is 1. The van der Waals surface area contributed by atoms with Crippen LogP contribution in [0.25, 0.3) is 10.9 Å². The van der Waals surface area contributed by atoms with Gasteiger partial charge in [-0.25, -0.2) is 4.98 Å². The summed E-state index contributed by atoms with van der Waals surface area (Å²) in [5.74, 6) is 5.08. The van der Waals surface area contributed by atoms with Gasteiger partial charge in [0.1, 0.15) is 11.9 Å². The van der Waals surface area contributed by atoms with Gasteiger partial charge in [-0.1, -0.05) is 5.92 Å². The van der Waals surface area contributed by atoms with Gasteiger partial charge in [-0.15, -0.1) is 6.42 Å². The van der Waals surface area contributed by atoms with Gasteiger partial charge in [0.25, 0.3) is 5.91 Å². The summed E-state index contributed by atoms with van der Waals surface area (Å²) in [7, 11) is 3.18. The van der Waals surface area contributed by atoms with Gasteiger partial charge < -0.3 is 29.3 Å². The van der Waals surface area contributed by atoms with Crippen molar-refractivity contribution in [1.29, 1.82) is 0 Å². The fraction of sp³-hybridized carbons (Fsp3) is 0.500. The maximum absolute atomic E-state index is 12.6. The van der Waals surface area contributed by atoms with Gasteiger partial charge in [-0.3, -0.25) is 4.79 Å². The molecule has 1 amide bonds. The lowest BCUT2D eigenvalue weighted by atomic mass is 10.2. The minimum absolute atomic E-state index is 0.0878. The summed E-state index contributed by atoms with van der Waals surface area (Å²) in [5, 5.41) is 3.97. The van der Waals surface area contributed by atoms with Crippen LogP contribution in [0.5, 0.6) is 11.5 Å². The van der Waals surface area contributed by atoms with E-state index in [-0.39, 0.29) is 12.0 Å². The Balaban J connectivity index is 1.58. The van der Waals surface area contributed by atoms with Gasteiger partial charge >= 0.3 is 0 Å². The average Bonchev–Trinajstić information content (AvgIpc) is 3.36. The highest BCUT2D eigenvalue weighted by Crippen LogP contribution is 2.35. The maximum Gasteiger partial charge on any atom is 0.251 e. The van der Waals surface area contributed by atoms with E-state index in [2.05, 4.69) is 16.1 Å². The molecule has 1 aromatic heterocycles. The summed E-state index contributed by atoms with van der Waals surface area (Å²) < 4.78 is 16.4. The van der Waals surface area contributed by atoms with E-state index in [0.29, 0.717) is 62.6 Å². The number of terminal acetylenes is 1. The topological polar surface area (TPSA) is 89.1 Å². The van der Waals surface area contributed by atoms with Crippen LogP contribution in [0.2, 0.25) is 0 Å². The van der Waals surface area contributed by atoms with E-state index >= 15 is 0 Å². The molecular weight excluding hydrogens is 398 g/mol. The lowest BCUT2D eigenvalue weighted by Gasteiger charge is -2.36. The Kier molecular flexibility index (Phi) is 6.28. The van der Waals surface area contributed by atoms with Crippen molar-refractivity contribution in [3.8, 4) is 23.8 Å². The van der Waals surface area contributed by atoms with Crippen LogP contribution in [-0.4, -0.2) is 80.4 Å². The van der Waals surface area contributed by atoms with Gasteiger partial charge in [0.15, 0.2) is 11.5 Å². The van der Waals surface area contributed by atoms with Crippen molar-refractivity contribution in [3.63, 3.8) is 0 Å². The summed E-state index contributed by atoms with van der Waals surface area (Å²) in [6.07, 6.45) is 6.91. The highest BCUT2D eigenvalue weighted by Gasteiger charge is 2.31. The van der Waals surface area contributed by atoms with Gasteiger partial charge in [0.05, 0.1) is 26.3 Å². The number of nitrogens with one attached hydrogen (secondary N) is 1. The van der Waals surface area contributed by atoms with Gasteiger partial charge in [0.2, 0.25) is 5.95 Å². The molecule has 1 aromatic carbocycles. The van der Waals surface area contributed by atoms with Crippen molar-refractivity contribution >= 4 is 28.6 Å². The Labute approximate surface area is 181 Å². The molecule has 9 heteroatoms. The van der Waals surface area contributed by atoms with Crippen LogP contribution in [0, 0.1) is 12.3 Å². The second-order valence-corrected chi connectivity index (χ2v) is 7.47. The number of ether oxygens (including phenoxy) is 3. The molecule has 3 heterocycles. The molecule has 2 saturated heterocycles. The van der Waals surface area contributed by atoms with E-state index in [4.69, 9.17) is 30.6 Å². The largest absolute Gasteiger partial charge is 0.493 e. The molecule has 1 unspecified atom stereocenters. The first-order chi connectivity index (χ1) is 15.1. The number of nitrogens with zero attached hydrogens (tertiary/aromatic N) is 4. The zero-order chi connectivity index (χ0) is 21.8. The summed E-state index contributed by atoms with van der Waals surface area (Å²) >= 11 is 0. The smallest absolute Gasteiger partial charge is 0.251 e. The Morgan fingerprint density at radius 1 is 1.23 bits per heavy atom. The number of anilines is 2. The van der Waals surface area contributed by atoms with Gasteiger partial charge in [-0.2, -0.15) is 4.98 Å². The lowest BCUT2D eigenvalue weighted by molar-refractivity contribution is -0.141. The minimum atomic E-state index is -0.287. The number of methoxy groups -OCH3 is 2. The van der Waals surface area contributed by atoms with Crippen molar-refractivity contribution in [3.05, 3.63) is 12.1 Å². The zero-order valence-corrected chi connectivity index (χ0v) is 17.9. The van der Waals surface area contributed by atoms with Crippen LogP contribution in [-0.2, 0) is 9.53 Å². The fourth-order valence-electron chi connectivity index (χ4n) is 3.96. The molecule has 0 aliphatic carbocycles. The number of hydrogen-bond donors (Lipinski definition) is 1. The molecule has 1 N–H and O–H groups in total. The molecule has 0 bridgehead atoms. The van der Waals surface area contributed by atoms with Crippen LogP contribution in [0.1, 0.15) is 12.8 Å². The second-order valence-electron chi connectivity index (χ2n) is 7.47.